The number of rotatable bonds is 4. The molecular weight excluding hydrogens is 318 g/mol. The van der Waals surface area contributed by atoms with Crippen LogP contribution in [0.3, 0.4) is 0 Å². The van der Waals surface area contributed by atoms with E-state index >= 15 is 0 Å². The van der Waals surface area contributed by atoms with Crippen LogP contribution in [0.1, 0.15) is 40.2 Å². The zero-order chi connectivity index (χ0) is 18.1. The van der Waals surface area contributed by atoms with E-state index in [9.17, 15) is 4.79 Å². The van der Waals surface area contributed by atoms with Gasteiger partial charge in [0.05, 0.1) is 24.1 Å². The minimum atomic E-state index is -0.401. The van der Waals surface area contributed by atoms with Gasteiger partial charge in [0.2, 0.25) is 0 Å². The summed E-state index contributed by atoms with van der Waals surface area (Å²) in [6, 6.07) is 3.73. The number of nitrogens with zero attached hydrogens (tertiary/aromatic N) is 3. The summed E-state index contributed by atoms with van der Waals surface area (Å²) in [6.45, 7) is 9.19. The minimum Gasteiger partial charge on any atom is -0.465 e. The third kappa shape index (κ3) is 3.24. The number of carbonyl (C=O) groups is 1. The Hall–Kier alpha value is -2.76. The lowest BCUT2D eigenvalue weighted by Gasteiger charge is -2.11. The molecule has 1 heterocycles. The highest BCUT2D eigenvalue weighted by Gasteiger charge is 2.27. The molecule has 1 aromatic carbocycles. The molecule has 1 fully saturated rings. The fourth-order valence-electron chi connectivity index (χ4n) is 2.90. The fourth-order valence-corrected chi connectivity index (χ4v) is 2.90. The predicted molar refractivity (Wildman–Crippen MR) is 96.9 cm³/mol. The molecule has 0 unspecified atom stereocenters. The van der Waals surface area contributed by atoms with E-state index in [-0.39, 0.29) is 0 Å². The molecule has 0 N–H and O–H groups in total. The maximum atomic E-state index is 12.2. The second-order valence-electron chi connectivity index (χ2n) is 6.26. The number of hydrogen-bond acceptors (Lipinski definition) is 5. The molecule has 0 saturated heterocycles. The van der Waals surface area contributed by atoms with Crippen LogP contribution in [-0.4, -0.2) is 30.8 Å². The first kappa shape index (κ1) is 17.1. The van der Waals surface area contributed by atoms with Gasteiger partial charge in [-0.15, -0.1) is 0 Å². The Labute approximate surface area is 146 Å². The number of aromatic nitrogens is 1. The molecule has 25 heavy (non-hydrogen) atoms. The quantitative estimate of drug-likeness (QED) is 0.475. The van der Waals surface area contributed by atoms with Gasteiger partial charge in [-0.2, -0.15) is 0 Å². The highest BCUT2D eigenvalue weighted by atomic mass is 16.5. The summed E-state index contributed by atoms with van der Waals surface area (Å²) in [6.07, 6.45) is 2.15. The fraction of sp³-hybridized carbons (Fsp3) is 0.368. The van der Waals surface area contributed by atoms with Gasteiger partial charge in [-0.1, -0.05) is 5.16 Å². The van der Waals surface area contributed by atoms with Gasteiger partial charge in [-0.25, -0.2) is 14.8 Å². The molecule has 6 heteroatoms. The van der Waals surface area contributed by atoms with Gasteiger partial charge in [-0.3, -0.25) is 0 Å². The van der Waals surface area contributed by atoms with Crippen molar-refractivity contribution in [2.24, 2.45) is 15.9 Å². The van der Waals surface area contributed by atoms with Crippen molar-refractivity contribution in [1.29, 1.82) is 0 Å². The van der Waals surface area contributed by atoms with Gasteiger partial charge in [0.25, 0.3) is 0 Å². The summed E-state index contributed by atoms with van der Waals surface area (Å²) in [5, 5.41) is 4.00. The van der Waals surface area contributed by atoms with Crippen LogP contribution in [-0.2, 0) is 4.74 Å². The molecule has 1 aliphatic rings. The maximum Gasteiger partial charge on any atom is 0.338 e. The normalized spacial score (nSPS) is 14.5. The summed E-state index contributed by atoms with van der Waals surface area (Å²) in [7, 11) is 1.37. The van der Waals surface area contributed by atoms with Crippen LogP contribution in [0.5, 0.6) is 0 Å². The zero-order valence-electron chi connectivity index (χ0n) is 14.9. The molecule has 0 amide bonds. The van der Waals surface area contributed by atoms with Crippen molar-refractivity contribution in [3.8, 4) is 11.1 Å². The molecule has 0 bridgehead atoms. The molecule has 2 aromatic rings. The van der Waals surface area contributed by atoms with Crippen LogP contribution in [0.25, 0.3) is 11.1 Å². The van der Waals surface area contributed by atoms with Crippen molar-refractivity contribution < 1.29 is 14.1 Å². The van der Waals surface area contributed by atoms with E-state index in [1.54, 1.807) is 6.07 Å². The van der Waals surface area contributed by atoms with Crippen LogP contribution in [0.15, 0.2) is 26.6 Å². The lowest BCUT2D eigenvalue weighted by molar-refractivity contribution is 0.0600. The van der Waals surface area contributed by atoms with E-state index in [1.807, 2.05) is 26.8 Å². The molecular formula is C19H21N3O3. The standard InChI is InChI=1S/C19H21N3O3/c1-10-15(19(23)24-5)8-14(17-11(2)22-25-12(17)3)9-16(10)21-18(20-4)13-6-7-13/h8-9,13H,4,6-7H2,1-3,5H3. The summed E-state index contributed by atoms with van der Waals surface area (Å²) < 4.78 is 10.2. The van der Waals surface area contributed by atoms with Crippen molar-refractivity contribution in [3.63, 3.8) is 0 Å². The van der Waals surface area contributed by atoms with Crippen LogP contribution < -0.4 is 0 Å². The highest BCUT2D eigenvalue weighted by Crippen LogP contribution is 2.37. The monoisotopic (exact) mass is 339 g/mol. The molecule has 1 aromatic heterocycles. The molecule has 130 valence electrons. The highest BCUT2D eigenvalue weighted by molar-refractivity contribution is 5.97. The number of amidine groups is 1. The first-order valence-electron chi connectivity index (χ1n) is 8.17. The van der Waals surface area contributed by atoms with E-state index in [1.165, 1.54) is 7.11 Å². The Morgan fingerprint density at radius 2 is 2.04 bits per heavy atom. The van der Waals surface area contributed by atoms with E-state index in [4.69, 9.17) is 9.26 Å². The Morgan fingerprint density at radius 3 is 2.56 bits per heavy atom. The predicted octanol–water partition coefficient (Wildman–Crippen LogP) is 4.19. The number of ether oxygens (including phenoxy) is 1. The first-order chi connectivity index (χ1) is 12.0. The van der Waals surface area contributed by atoms with E-state index in [2.05, 4.69) is 21.9 Å². The summed E-state index contributed by atoms with van der Waals surface area (Å²) in [5.74, 6) is 1.37. The Balaban J connectivity index is 2.22. The van der Waals surface area contributed by atoms with Crippen molar-refractivity contribution in [2.45, 2.75) is 33.6 Å². The number of esters is 1. The molecule has 1 aliphatic carbocycles. The van der Waals surface area contributed by atoms with E-state index < -0.39 is 5.97 Å². The van der Waals surface area contributed by atoms with E-state index in [0.717, 1.165) is 41.1 Å². The van der Waals surface area contributed by atoms with Gasteiger partial charge >= 0.3 is 5.97 Å². The Morgan fingerprint density at radius 1 is 1.32 bits per heavy atom. The van der Waals surface area contributed by atoms with Crippen molar-refractivity contribution in [3.05, 3.63) is 34.7 Å². The summed E-state index contributed by atoms with van der Waals surface area (Å²) in [4.78, 5) is 21.0. The Kier molecular flexibility index (Phi) is 4.53. The van der Waals surface area contributed by atoms with Crippen LogP contribution in [0, 0.1) is 26.7 Å². The van der Waals surface area contributed by atoms with E-state index in [0.29, 0.717) is 22.9 Å². The number of methoxy groups -OCH3 is 1. The van der Waals surface area contributed by atoms with Crippen molar-refractivity contribution >= 4 is 24.2 Å². The molecule has 0 atom stereocenters. The van der Waals surface area contributed by atoms with Gasteiger partial charge in [0, 0.05) is 11.5 Å². The van der Waals surface area contributed by atoms with Crippen LogP contribution in [0.4, 0.5) is 5.69 Å². The minimum absolute atomic E-state index is 0.362. The van der Waals surface area contributed by atoms with Crippen LogP contribution in [0.2, 0.25) is 0 Å². The SMILES string of the molecule is C=NC(=Nc1cc(-c2c(C)noc2C)cc(C(=O)OC)c1C)C1CC1. The van der Waals surface area contributed by atoms with Gasteiger partial charge in [-0.05, 0) is 63.6 Å². The third-order valence-electron chi connectivity index (χ3n) is 4.45. The lowest BCUT2D eigenvalue weighted by Crippen LogP contribution is -2.05. The van der Waals surface area contributed by atoms with Gasteiger partial charge in [0.1, 0.15) is 11.6 Å². The lowest BCUT2D eigenvalue weighted by atomic mass is 9.97. The molecule has 0 spiro atoms. The zero-order valence-corrected chi connectivity index (χ0v) is 14.9. The average Bonchev–Trinajstić information content (AvgIpc) is 3.39. The second kappa shape index (κ2) is 6.63. The average molecular weight is 339 g/mol. The molecule has 6 nitrogen and oxygen atoms in total. The van der Waals surface area contributed by atoms with Crippen molar-refractivity contribution in [1.82, 2.24) is 5.16 Å². The van der Waals surface area contributed by atoms with Crippen molar-refractivity contribution in [2.75, 3.05) is 7.11 Å². The number of carbonyl (C=O) groups excluding carboxylic acids is 1. The van der Waals surface area contributed by atoms with Crippen LogP contribution >= 0.6 is 0 Å². The molecule has 1 saturated carbocycles. The smallest absolute Gasteiger partial charge is 0.338 e. The third-order valence-corrected chi connectivity index (χ3v) is 4.45. The summed E-state index contributed by atoms with van der Waals surface area (Å²) in [5.41, 5.74) is 4.35. The first-order valence-corrected chi connectivity index (χ1v) is 8.17. The summed E-state index contributed by atoms with van der Waals surface area (Å²) >= 11 is 0. The van der Waals surface area contributed by atoms with Gasteiger partial charge in [0.15, 0.2) is 0 Å². The number of benzene rings is 1. The topological polar surface area (TPSA) is 77.0 Å². The molecule has 0 aliphatic heterocycles. The molecule has 0 radical (unpaired) electrons. The number of aryl methyl sites for hydroxylation is 2. The molecule has 3 rings (SSSR count). The number of hydrogen-bond donors (Lipinski definition) is 0. The van der Waals surface area contributed by atoms with Gasteiger partial charge < -0.3 is 9.26 Å². The number of aliphatic imine (C=N–C) groups is 2. The Bertz CT molecular complexity index is 857. The maximum absolute atomic E-state index is 12.2. The largest absolute Gasteiger partial charge is 0.465 e. The second-order valence-corrected chi connectivity index (χ2v) is 6.26.